The number of anilines is 1. The Balaban J connectivity index is 2.14. The van der Waals surface area contributed by atoms with Gasteiger partial charge in [-0.25, -0.2) is 4.79 Å². The monoisotopic (exact) mass is 323 g/mol. The highest BCUT2D eigenvalue weighted by atomic mass is 16.4. The van der Waals surface area contributed by atoms with Crippen LogP contribution < -0.4 is 10.9 Å². The van der Waals surface area contributed by atoms with Crippen LogP contribution in [0, 0.1) is 6.92 Å². The van der Waals surface area contributed by atoms with Crippen LogP contribution in [0.5, 0.6) is 0 Å². The highest BCUT2D eigenvalue weighted by molar-refractivity contribution is 5.95. The van der Waals surface area contributed by atoms with Gasteiger partial charge in [-0.2, -0.15) is 0 Å². The average Bonchev–Trinajstić information content (AvgIpc) is 2.54. The molecule has 122 valence electrons. The number of rotatable bonds is 4. The Hall–Kier alpha value is -3.08. The van der Waals surface area contributed by atoms with Gasteiger partial charge in [0.15, 0.2) is 0 Å². The van der Waals surface area contributed by atoms with Gasteiger partial charge in [-0.05, 0) is 37.1 Å². The lowest BCUT2D eigenvalue weighted by Gasteiger charge is -2.12. The van der Waals surface area contributed by atoms with Crippen LogP contribution in [0.25, 0.3) is 22.1 Å². The third-order valence-electron chi connectivity index (χ3n) is 3.93. The largest absolute Gasteiger partial charge is 0.480 e. The van der Waals surface area contributed by atoms with Crippen LogP contribution in [-0.4, -0.2) is 17.1 Å². The van der Waals surface area contributed by atoms with Crippen LogP contribution in [0.1, 0.15) is 12.5 Å². The minimum Gasteiger partial charge on any atom is -0.480 e. The molecule has 3 rings (SSSR count). The summed E-state index contributed by atoms with van der Waals surface area (Å²) < 4.78 is 5.30. The van der Waals surface area contributed by atoms with Crippen LogP contribution in [0.3, 0.4) is 0 Å². The van der Waals surface area contributed by atoms with E-state index in [9.17, 15) is 9.59 Å². The maximum Gasteiger partial charge on any atom is 0.336 e. The molecule has 3 aromatic rings. The average molecular weight is 323 g/mol. The second-order valence-electron chi connectivity index (χ2n) is 5.71. The first-order valence-electron chi connectivity index (χ1n) is 7.59. The minimum atomic E-state index is -0.954. The van der Waals surface area contributed by atoms with Crippen molar-refractivity contribution in [1.29, 1.82) is 0 Å². The molecule has 0 radical (unpaired) electrons. The predicted molar refractivity (Wildman–Crippen MR) is 93.4 cm³/mol. The fourth-order valence-corrected chi connectivity index (χ4v) is 2.66. The van der Waals surface area contributed by atoms with Crippen molar-refractivity contribution >= 4 is 22.6 Å². The van der Waals surface area contributed by atoms with E-state index in [-0.39, 0.29) is 0 Å². The summed E-state index contributed by atoms with van der Waals surface area (Å²) in [5, 5.41) is 12.7. The van der Waals surface area contributed by atoms with Crippen molar-refractivity contribution in [1.82, 2.24) is 0 Å². The Bertz CT molecular complexity index is 975. The van der Waals surface area contributed by atoms with Gasteiger partial charge < -0.3 is 14.8 Å². The van der Waals surface area contributed by atoms with E-state index in [0.717, 1.165) is 22.1 Å². The zero-order valence-corrected chi connectivity index (χ0v) is 13.4. The Morgan fingerprint density at radius 3 is 2.58 bits per heavy atom. The van der Waals surface area contributed by atoms with Gasteiger partial charge in [0.25, 0.3) is 0 Å². The third kappa shape index (κ3) is 3.01. The molecule has 0 bridgehead atoms. The second-order valence-corrected chi connectivity index (χ2v) is 5.71. The Morgan fingerprint density at radius 1 is 1.12 bits per heavy atom. The van der Waals surface area contributed by atoms with Crippen molar-refractivity contribution in [3.05, 3.63) is 64.5 Å². The Morgan fingerprint density at radius 2 is 1.88 bits per heavy atom. The van der Waals surface area contributed by atoms with Gasteiger partial charge in [-0.3, -0.25) is 4.79 Å². The number of fused-ring (bicyclic) bond motifs is 1. The summed E-state index contributed by atoms with van der Waals surface area (Å²) >= 11 is 0. The van der Waals surface area contributed by atoms with Crippen LogP contribution in [0.4, 0.5) is 5.69 Å². The quantitative estimate of drug-likeness (QED) is 0.716. The molecule has 2 aromatic carbocycles. The highest BCUT2D eigenvalue weighted by Gasteiger charge is 2.13. The van der Waals surface area contributed by atoms with E-state index in [1.165, 1.54) is 6.07 Å². The van der Waals surface area contributed by atoms with Crippen LogP contribution >= 0.6 is 0 Å². The molecule has 0 aliphatic rings. The smallest absolute Gasteiger partial charge is 0.336 e. The minimum absolute atomic E-state index is 0.420. The fourth-order valence-electron chi connectivity index (χ4n) is 2.66. The maximum absolute atomic E-state index is 11.9. The molecule has 0 aliphatic carbocycles. The molecule has 1 aromatic heterocycles. The number of hydrogen-bond donors (Lipinski definition) is 2. The maximum atomic E-state index is 11.9. The molecule has 5 heteroatoms. The van der Waals surface area contributed by atoms with Crippen LogP contribution in [0.15, 0.2) is 57.7 Å². The Kier molecular flexibility index (Phi) is 4.08. The van der Waals surface area contributed by atoms with Crippen molar-refractivity contribution < 1.29 is 14.3 Å². The Labute approximate surface area is 138 Å². The second kappa shape index (κ2) is 6.20. The molecular formula is C19H17NO4. The van der Waals surface area contributed by atoms with E-state index in [2.05, 4.69) is 5.32 Å². The molecule has 0 saturated heterocycles. The van der Waals surface area contributed by atoms with Gasteiger partial charge in [-0.1, -0.05) is 24.3 Å². The molecule has 0 fully saturated rings. The molecule has 2 N–H and O–H groups in total. The SMILES string of the molecule is Cc1ccccc1-c1cc(=O)oc2cc(N[C@H](C)C(=O)O)ccc12. The van der Waals surface area contributed by atoms with Gasteiger partial charge in [-0.15, -0.1) is 0 Å². The topological polar surface area (TPSA) is 79.5 Å². The zero-order chi connectivity index (χ0) is 17.3. The molecular weight excluding hydrogens is 306 g/mol. The normalized spacial score (nSPS) is 12.1. The molecule has 1 atom stereocenters. The van der Waals surface area contributed by atoms with E-state index in [0.29, 0.717) is 11.3 Å². The van der Waals surface area contributed by atoms with Crippen molar-refractivity contribution in [2.24, 2.45) is 0 Å². The third-order valence-corrected chi connectivity index (χ3v) is 3.93. The number of benzene rings is 2. The highest BCUT2D eigenvalue weighted by Crippen LogP contribution is 2.31. The molecule has 0 aliphatic heterocycles. The first kappa shape index (κ1) is 15.8. The molecule has 0 spiro atoms. The number of carboxylic acids is 1. The fraction of sp³-hybridized carbons (Fsp3) is 0.158. The van der Waals surface area contributed by atoms with E-state index in [4.69, 9.17) is 9.52 Å². The van der Waals surface area contributed by atoms with Crippen molar-refractivity contribution in [2.75, 3.05) is 5.32 Å². The summed E-state index contributed by atoms with van der Waals surface area (Å²) in [4.78, 5) is 22.9. The molecule has 0 unspecified atom stereocenters. The predicted octanol–water partition coefficient (Wildman–Crippen LogP) is 3.65. The van der Waals surface area contributed by atoms with Gasteiger partial charge >= 0.3 is 11.6 Å². The van der Waals surface area contributed by atoms with Crippen molar-refractivity contribution in [2.45, 2.75) is 19.9 Å². The van der Waals surface area contributed by atoms with Crippen LogP contribution in [0.2, 0.25) is 0 Å². The molecule has 24 heavy (non-hydrogen) atoms. The lowest BCUT2D eigenvalue weighted by molar-refractivity contribution is -0.137. The summed E-state index contributed by atoms with van der Waals surface area (Å²) in [6.45, 7) is 3.53. The lowest BCUT2D eigenvalue weighted by Crippen LogP contribution is -2.25. The number of carbonyl (C=O) groups is 1. The van der Waals surface area contributed by atoms with Gasteiger partial charge in [0.2, 0.25) is 0 Å². The van der Waals surface area contributed by atoms with Crippen molar-refractivity contribution in [3.8, 4) is 11.1 Å². The molecule has 1 heterocycles. The van der Waals surface area contributed by atoms with Crippen LogP contribution in [-0.2, 0) is 4.79 Å². The van der Waals surface area contributed by atoms with Crippen molar-refractivity contribution in [3.63, 3.8) is 0 Å². The molecule has 5 nitrogen and oxygen atoms in total. The zero-order valence-electron chi connectivity index (χ0n) is 13.4. The summed E-state index contributed by atoms with van der Waals surface area (Å²) in [7, 11) is 0. The number of hydrogen-bond acceptors (Lipinski definition) is 4. The number of aliphatic carboxylic acids is 1. The van der Waals surface area contributed by atoms with Gasteiger partial charge in [0, 0.05) is 28.8 Å². The lowest BCUT2D eigenvalue weighted by atomic mass is 9.98. The molecule has 0 amide bonds. The number of aryl methyl sites for hydroxylation is 1. The van der Waals surface area contributed by atoms with E-state index in [1.807, 2.05) is 37.3 Å². The first-order chi connectivity index (χ1) is 11.5. The summed E-state index contributed by atoms with van der Waals surface area (Å²) in [6.07, 6.45) is 0. The standard InChI is InChI=1S/C19H17NO4/c1-11-5-3-4-6-14(11)16-10-18(21)24-17-9-13(7-8-15(16)17)20-12(2)19(22)23/h3-10,12,20H,1-2H3,(H,22,23)/t12-/m1/s1. The number of nitrogens with one attached hydrogen (secondary N) is 1. The first-order valence-corrected chi connectivity index (χ1v) is 7.59. The van der Waals surface area contributed by atoms with Gasteiger partial charge in [0.1, 0.15) is 11.6 Å². The summed E-state index contributed by atoms with van der Waals surface area (Å²) in [5.74, 6) is -0.954. The number of carboxylic acid groups (broad SMARTS) is 1. The van der Waals surface area contributed by atoms with E-state index in [1.54, 1.807) is 19.1 Å². The van der Waals surface area contributed by atoms with E-state index >= 15 is 0 Å². The molecule has 0 saturated carbocycles. The van der Waals surface area contributed by atoms with E-state index < -0.39 is 17.6 Å². The summed E-state index contributed by atoms with van der Waals surface area (Å²) in [5.41, 5.74) is 3.40. The van der Waals surface area contributed by atoms with Gasteiger partial charge in [0.05, 0.1) is 0 Å². The summed E-state index contributed by atoms with van der Waals surface area (Å²) in [6, 6.07) is 13.8.